The minimum atomic E-state index is -0.167. The molecule has 1 aliphatic heterocycles. The van der Waals surface area contributed by atoms with E-state index in [-0.39, 0.29) is 24.4 Å². The third-order valence-electron chi connectivity index (χ3n) is 4.26. The Morgan fingerprint density at radius 3 is 2.59 bits per heavy atom. The Hall–Kier alpha value is -1.84. The molecule has 0 radical (unpaired) electrons. The van der Waals surface area contributed by atoms with Crippen molar-refractivity contribution < 1.29 is 4.79 Å². The number of benzene rings is 2. The van der Waals surface area contributed by atoms with Gasteiger partial charge in [0.25, 0.3) is 0 Å². The van der Waals surface area contributed by atoms with Gasteiger partial charge >= 0.3 is 0 Å². The fourth-order valence-electron chi connectivity index (χ4n) is 2.75. The lowest BCUT2D eigenvalue weighted by atomic mass is 9.95. The van der Waals surface area contributed by atoms with Gasteiger partial charge in [0.1, 0.15) is 0 Å². The lowest BCUT2D eigenvalue weighted by Crippen LogP contribution is -2.44. The summed E-state index contributed by atoms with van der Waals surface area (Å²) < 4.78 is 0. The second-order valence-electron chi connectivity index (χ2n) is 5.64. The molecule has 3 rings (SSSR count). The molecule has 1 heterocycles. The van der Waals surface area contributed by atoms with Gasteiger partial charge in [-0.25, -0.2) is 0 Å². The molecule has 116 valence electrons. The zero-order valence-electron chi connectivity index (χ0n) is 12.8. The van der Waals surface area contributed by atoms with Crippen LogP contribution < -0.4 is 10.6 Å². The molecule has 22 heavy (non-hydrogen) atoms. The molecule has 0 spiro atoms. The van der Waals surface area contributed by atoms with E-state index >= 15 is 0 Å². The Kier molecular flexibility index (Phi) is 5.22. The van der Waals surface area contributed by atoms with E-state index in [1.165, 1.54) is 16.7 Å². The number of carbonyl (C=O) groups excluding carboxylic acids is 1. The summed E-state index contributed by atoms with van der Waals surface area (Å²) in [4.78, 5) is 12.5. The first-order valence-electron chi connectivity index (χ1n) is 7.32. The number of halogens is 1. The van der Waals surface area contributed by atoms with Crippen LogP contribution in [0.15, 0.2) is 42.5 Å². The van der Waals surface area contributed by atoms with Gasteiger partial charge in [-0.1, -0.05) is 36.4 Å². The SMILES string of the molecule is Cc1cccc(NC(=O)C2Cc3ccccc3CN2)c1C.Cl. The van der Waals surface area contributed by atoms with Crippen LogP contribution >= 0.6 is 12.4 Å². The number of aryl methyl sites for hydroxylation is 1. The van der Waals surface area contributed by atoms with Gasteiger partial charge in [0.2, 0.25) is 5.91 Å². The molecule has 4 heteroatoms. The first-order valence-corrected chi connectivity index (χ1v) is 7.32. The summed E-state index contributed by atoms with van der Waals surface area (Å²) in [6.45, 7) is 4.84. The van der Waals surface area contributed by atoms with E-state index < -0.39 is 0 Å². The van der Waals surface area contributed by atoms with Crippen LogP contribution in [0.1, 0.15) is 22.3 Å². The Bertz CT molecular complexity index is 685. The highest BCUT2D eigenvalue weighted by atomic mass is 35.5. The van der Waals surface area contributed by atoms with Gasteiger partial charge in [0, 0.05) is 12.2 Å². The van der Waals surface area contributed by atoms with Crippen LogP contribution in [-0.2, 0) is 17.8 Å². The van der Waals surface area contributed by atoms with Crippen LogP contribution in [0.25, 0.3) is 0 Å². The summed E-state index contributed by atoms with van der Waals surface area (Å²) >= 11 is 0. The molecule has 0 bridgehead atoms. The first kappa shape index (κ1) is 16.5. The number of amides is 1. The number of carbonyl (C=O) groups is 1. The van der Waals surface area contributed by atoms with E-state index in [2.05, 4.69) is 35.8 Å². The Morgan fingerprint density at radius 1 is 1.09 bits per heavy atom. The van der Waals surface area contributed by atoms with Crippen LogP contribution in [0.4, 0.5) is 5.69 Å². The molecule has 0 fully saturated rings. The number of hydrogen-bond donors (Lipinski definition) is 2. The summed E-state index contributed by atoms with van der Waals surface area (Å²) in [5.74, 6) is 0.0400. The molecule has 1 aliphatic rings. The van der Waals surface area contributed by atoms with Crippen LogP contribution in [0, 0.1) is 13.8 Å². The normalized spacial score (nSPS) is 16.4. The molecule has 0 aromatic heterocycles. The highest BCUT2D eigenvalue weighted by molar-refractivity contribution is 5.96. The highest BCUT2D eigenvalue weighted by Gasteiger charge is 2.24. The zero-order valence-corrected chi connectivity index (χ0v) is 13.7. The molecule has 1 unspecified atom stereocenters. The van der Waals surface area contributed by atoms with Gasteiger partial charge in [-0.05, 0) is 48.6 Å². The fourth-order valence-corrected chi connectivity index (χ4v) is 2.75. The van der Waals surface area contributed by atoms with Crippen LogP contribution in [0.5, 0.6) is 0 Å². The smallest absolute Gasteiger partial charge is 0.241 e. The molecule has 0 aliphatic carbocycles. The van der Waals surface area contributed by atoms with Crippen LogP contribution in [0.2, 0.25) is 0 Å². The standard InChI is InChI=1S/C18H20N2O.ClH/c1-12-6-5-9-16(13(12)2)20-18(21)17-10-14-7-3-4-8-15(14)11-19-17;/h3-9,17,19H,10-11H2,1-2H3,(H,20,21);1H. The number of fused-ring (bicyclic) bond motifs is 1. The van der Waals surface area contributed by atoms with E-state index in [4.69, 9.17) is 0 Å². The summed E-state index contributed by atoms with van der Waals surface area (Å²) in [5.41, 5.74) is 5.77. The quantitative estimate of drug-likeness (QED) is 0.892. The molecule has 1 atom stereocenters. The summed E-state index contributed by atoms with van der Waals surface area (Å²) in [7, 11) is 0. The van der Waals surface area contributed by atoms with E-state index in [1.807, 2.05) is 31.2 Å². The van der Waals surface area contributed by atoms with Crippen molar-refractivity contribution in [2.24, 2.45) is 0 Å². The van der Waals surface area contributed by atoms with E-state index in [9.17, 15) is 4.79 Å². The number of rotatable bonds is 2. The summed E-state index contributed by atoms with van der Waals surface area (Å²) in [5, 5.41) is 6.37. The summed E-state index contributed by atoms with van der Waals surface area (Å²) in [6, 6.07) is 14.1. The number of nitrogens with one attached hydrogen (secondary N) is 2. The third kappa shape index (κ3) is 3.32. The number of anilines is 1. The van der Waals surface area contributed by atoms with Gasteiger partial charge in [0.15, 0.2) is 0 Å². The lowest BCUT2D eigenvalue weighted by Gasteiger charge is -2.25. The maximum atomic E-state index is 12.5. The van der Waals surface area contributed by atoms with Crippen molar-refractivity contribution in [3.05, 3.63) is 64.7 Å². The van der Waals surface area contributed by atoms with Crippen molar-refractivity contribution in [3.63, 3.8) is 0 Å². The molecule has 2 N–H and O–H groups in total. The highest BCUT2D eigenvalue weighted by Crippen LogP contribution is 2.20. The second kappa shape index (κ2) is 6.95. The van der Waals surface area contributed by atoms with Crippen molar-refractivity contribution in [2.75, 3.05) is 5.32 Å². The van der Waals surface area contributed by atoms with Crippen molar-refractivity contribution in [3.8, 4) is 0 Å². The van der Waals surface area contributed by atoms with Gasteiger partial charge < -0.3 is 10.6 Å². The van der Waals surface area contributed by atoms with Crippen molar-refractivity contribution in [1.29, 1.82) is 0 Å². The van der Waals surface area contributed by atoms with Crippen molar-refractivity contribution >= 4 is 24.0 Å². The van der Waals surface area contributed by atoms with Gasteiger partial charge in [0.05, 0.1) is 6.04 Å². The van der Waals surface area contributed by atoms with E-state index in [1.54, 1.807) is 0 Å². The average molecular weight is 317 g/mol. The monoisotopic (exact) mass is 316 g/mol. The molecule has 0 saturated heterocycles. The largest absolute Gasteiger partial charge is 0.324 e. The molecular formula is C18H21ClN2O. The van der Waals surface area contributed by atoms with Crippen LogP contribution in [0.3, 0.4) is 0 Å². The average Bonchev–Trinajstić information content (AvgIpc) is 2.51. The molecule has 0 saturated carbocycles. The predicted octanol–water partition coefficient (Wildman–Crippen LogP) is 3.38. The maximum Gasteiger partial charge on any atom is 0.241 e. The van der Waals surface area contributed by atoms with Crippen molar-refractivity contribution in [1.82, 2.24) is 5.32 Å². The molecule has 3 nitrogen and oxygen atoms in total. The molecule has 1 amide bonds. The third-order valence-corrected chi connectivity index (χ3v) is 4.26. The predicted molar refractivity (Wildman–Crippen MR) is 92.6 cm³/mol. The Labute approximate surface area is 137 Å². The second-order valence-corrected chi connectivity index (χ2v) is 5.64. The summed E-state index contributed by atoms with van der Waals surface area (Å²) in [6.07, 6.45) is 0.743. The van der Waals surface area contributed by atoms with Gasteiger partial charge in [-0.15, -0.1) is 12.4 Å². The van der Waals surface area contributed by atoms with Gasteiger partial charge in [-0.2, -0.15) is 0 Å². The van der Waals surface area contributed by atoms with Crippen LogP contribution in [-0.4, -0.2) is 11.9 Å². The van der Waals surface area contributed by atoms with Crippen molar-refractivity contribution in [2.45, 2.75) is 32.9 Å². The lowest BCUT2D eigenvalue weighted by molar-refractivity contribution is -0.118. The first-order chi connectivity index (χ1) is 10.1. The molecule has 2 aromatic carbocycles. The number of hydrogen-bond acceptors (Lipinski definition) is 2. The van der Waals surface area contributed by atoms with E-state index in [0.29, 0.717) is 0 Å². The topological polar surface area (TPSA) is 41.1 Å². The van der Waals surface area contributed by atoms with E-state index in [0.717, 1.165) is 24.2 Å². The minimum absolute atomic E-state index is 0. The molecular weight excluding hydrogens is 296 g/mol. The van der Waals surface area contributed by atoms with Gasteiger partial charge in [-0.3, -0.25) is 4.79 Å². The minimum Gasteiger partial charge on any atom is -0.324 e. The maximum absolute atomic E-state index is 12.5. The Morgan fingerprint density at radius 2 is 1.82 bits per heavy atom. The zero-order chi connectivity index (χ0) is 14.8. The fraction of sp³-hybridized carbons (Fsp3) is 0.278. The molecule has 2 aromatic rings. The Balaban J connectivity index is 0.00000176.